The maximum atomic E-state index is 13.2. The van der Waals surface area contributed by atoms with Gasteiger partial charge in [-0.05, 0) is 49.1 Å². The Morgan fingerprint density at radius 1 is 1.11 bits per heavy atom. The molecule has 0 aromatic heterocycles. The average Bonchev–Trinajstić information content (AvgIpc) is 2.64. The van der Waals surface area contributed by atoms with E-state index in [-0.39, 0.29) is 11.6 Å². The second-order valence-corrected chi connectivity index (χ2v) is 8.20. The number of nitrogens with zero attached hydrogens (tertiary/aromatic N) is 1. The molecule has 0 fully saturated rings. The van der Waals surface area contributed by atoms with Crippen molar-refractivity contribution in [3.63, 3.8) is 0 Å². The molecule has 27 heavy (non-hydrogen) atoms. The summed E-state index contributed by atoms with van der Waals surface area (Å²) < 4.78 is 38.8. The van der Waals surface area contributed by atoms with Crippen molar-refractivity contribution in [3.8, 4) is 0 Å². The number of carbonyl (C=O) groups is 1. The summed E-state index contributed by atoms with van der Waals surface area (Å²) in [4.78, 5) is 12.6. The van der Waals surface area contributed by atoms with Crippen LogP contribution in [0.5, 0.6) is 0 Å². The third kappa shape index (κ3) is 6.06. The van der Waals surface area contributed by atoms with E-state index in [9.17, 15) is 17.6 Å². The highest BCUT2D eigenvalue weighted by molar-refractivity contribution is 7.92. The molecule has 2 rings (SSSR count). The van der Waals surface area contributed by atoms with Crippen molar-refractivity contribution in [2.24, 2.45) is 0 Å². The Bertz CT molecular complexity index is 839. The van der Waals surface area contributed by atoms with Crippen LogP contribution in [0.25, 0.3) is 0 Å². The number of aryl methyl sites for hydroxylation is 1. The van der Waals surface area contributed by atoms with Gasteiger partial charge in [-0.25, -0.2) is 12.8 Å². The molecule has 1 atom stereocenters. The van der Waals surface area contributed by atoms with Crippen molar-refractivity contribution in [2.45, 2.75) is 32.2 Å². The van der Waals surface area contributed by atoms with Crippen LogP contribution in [0.15, 0.2) is 54.6 Å². The number of benzene rings is 2. The number of hydrogen-bond donors (Lipinski definition) is 1. The number of hydrogen-bond acceptors (Lipinski definition) is 3. The lowest BCUT2D eigenvalue weighted by molar-refractivity contribution is -0.122. The molecule has 0 aliphatic rings. The lowest BCUT2D eigenvalue weighted by Crippen LogP contribution is -2.49. The summed E-state index contributed by atoms with van der Waals surface area (Å²) in [7, 11) is -3.71. The molecule has 7 heteroatoms. The van der Waals surface area contributed by atoms with Gasteiger partial charge in [-0.3, -0.25) is 9.10 Å². The van der Waals surface area contributed by atoms with Crippen LogP contribution in [0.4, 0.5) is 10.1 Å². The molecule has 0 heterocycles. The summed E-state index contributed by atoms with van der Waals surface area (Å²) in [6, 6.07) is 14.1. The van der Waals surface area contributed by atoms with E-state index in [4.69, 9.17) is 0 Å². The largest absolute Gasteiger partial charge is 0.354 e. The zero-order valence-corrected chi connectivity index (χ0v) is 16.4. The first-order valence-corrected chi connectivity index (χ1v) is 10.7. The lowest BCUT2D eigenvalue weighted by Gasteiger charge is -2.30. The zero-order chi connectivity index (χ0) is 19.9. The Morgan fingerprint density at radius 3 is 2.30 bits per heavy atom. The first-order valence-electron chi connectivity index (χ1n) is 8.89. The number of carbonyl (C=O) groups excluding carboxylic acids is 1. The molecule has 0 aliphatic carbocycles. The maximum absolute atomic E-state index is 13.2. The molecule has 0 radical (unpaired) electrons. The number of anilines is 1. The van der Waals surface area contributed by atoms with Crippen molar-refractivity contribution in [2.75, 3.05) is 17.1 Å². The zero-order valence-electron chi connectivity index (χ0n) is 15.6. The van der Waals surface area contributed by atoms with Crippen LogP contribution in [0, 0.1) is 5.82 Å². The van der Waals surface area contributed by atoms with Crippen LogP contribution in [0.2, 0.25) is 0 Å². The third-order valence-corrected chi connectivity index (χ3v) is 5.38. The first kappa shape index (κ1) is 20.9. The van der Waals surface area contributed by atoms with Crippen molar-refractivity contribution in [1.82, 2.24) is 5.32 Å². The molecule has 0 aliphatic heterocycles. The second-order valence-electron chi connectivity index (χ2n) is 6.34. The summed E-state index contributed by atoms with van der Waals surface area (Å²) in [5.41, 5.74) is 1.45. The molecule has 146 valence electrons. The van der Waals surface area contributed by atoms with Crippen LogP contribution in [0.1, 0.15) is 25.3 Å². The Balaban J connectivity index is 2.04. The minimum absolute atomic E-state index is 0.269. The van der Waals surface area contributed by atoms with Gasteiger partial charge in [0.05, 0.1) is 11.9 Å². The van der Waals surface area contributed by atoms with Crippen molar-refractivity contribution < 1.29 is 17.6 Å². The van der Waals surface area contributed by atoms with Crippen LogP contribution >= 0.6 is 0 Å². The van der Waals surface area contributed by atoms with Gasteiger partial charge in [-0.15, -0.1) is 0 Å². The number of rotatable bonds is 9. The summed E-state index contributed by atoms with van der Waals surface area (Å²) >= 11 is 0. The fourth-order valence-corrected chi connectivity index (χ4v) is 4.13. The van der Waals surface area contributed by atoms with E-state index in [1.54, 1.807) is 6.92 Å². The first-order chi connectivity index (χ1) is 12.8. The van der Waals surface area contributed by atoms with E-state index in [0.717, 1.165) is 23.4 Å². The normalized spacial score (nSPS) is 12.4. The summed E-state index contributed by atoms with van der Waals surface area (Å²) in [5.74, 6) is -0.828. The molecule has 0 bridgehead atoms. The fourth-order valence-electron chi connectivity index (χ4n) is 2.91. The van der Waals surface area contributed by atoms with Crippen molar-refractivity contribution >= 4 is 21.6 Å². The lowest BCUT2D eigenvalue weighted by atomic mass is 10.1. The van der Waals surface area contributed by atoms with E-state index >= 15 is 0 Å². The number of nitrogens with one attached hydrogen (secondary N) is 1. The highest BCUT2D eigenvalue weighted by atomic mass is 32.2. The van der Waals surface area contributed by atoms with Crippen molar-refractivity contribution in [3.05, 3.63) is 66.0 Å². The molecule has 5 nitrogen and oxygen atoms in total. The average molecular weight is 392 g/mol. The highest BCUT2D eigenvalue weighted by Gasteiger charge is 2.31. The molecule has 2 aromatic carbocycles. The number of sulfonamides is 1. The van der Waals surface area contributed by atoms with E-state index < -0.39 is 21.9 Å². The molecule has 1 amide bonds. The van der Waals surface area contributed by atoms with Crippen LogP contribution in [-0.4, -0.2) is 33.2 Å². The predicted molar refractivity (Wildman–Crippen MR) is 106 cm³/mol. The summed E-state index contributed by atoms with van der Waals surface area (Å²) in [6.45, 7) is 2.20. The Labute approximate surface area is 160 Å². The molecule has 0 unspecified atom stereocenters. The molecule has 0 spiro atoms. The maximum Gasteiger partial charge on any atom is 0.243 e. The SMILES string of the molecule is CC[C@H](C(=O)NCCCc1ccccc1)N(c1ccc(F)cc1)S(C)(=O)=O. The molecule has 0 saturated carbocycles. The van der Waals surface area contributed by atoms with Gasteiger partial charge in [-0.2, -0.15) is 0 Å². The fraction of sp³-hybridized carbons (Fsp3) is 0.350. The second kappa shape index (κ2) is 9.50. The predicted octanol–water partition coefficient (Wildman–Crippen LogP) is 3.12. The van der Waals surface area contributed by atoms with Gasteiger partial charge in [-0.1, -0.05) is 37.3 Å². The number of halogens is 1. The van der Waals surface area contributed by atoms with Gasteiger partial charge in [0, 0.05) is 6.54 Å². The Hall–Kier alpha value is -2.41. The molecular formula is C20H25FN2O3S. The van der Waals surface area contributed by atoms with Gasteiger partial charge in [0.15, 0.2) is 0 Å². The Kier molecular flexibility index (Phi) is 7.36. The van der Waals surface area contributed by atoms with Gasteiger partial charge >= 0.3 is 0 Å². The highest BCUT2D eigenvalue weighted by Crippen LogP contribution is 2.22. The smallest absolute Gasteiger partial charge is 0.243 e. The number of amides is 1. The summed E-state index contributed by atoms with van der Waals surface area (Å²) in [6.07, 6.45) is 2.92. The van der Waals surface area contributed by atoms with Gasteiger partial charge in [0.1, 0.15) is 11.9 Å². The summed E-state index contributed by atoms with van der Waals surface area (Å²) in [5, 5.41) is 2.82. The van der Waals surface area contributed by atoms with E-state index in [0.29, 0.717) is 13.0 Å². The minimum Gasteiger partial charge on any atom is -0.354 e. The van der Waals surface area contributed by atoms with E-state index in [2.05, 4.69) is 5.32 Å². The standard InChI is InChI=1S/C20H25FN2O3S/c1-3-19(20(24)22-15-7-10-16-8-5-4-6-9-16)23(27(2,25)26)18-13-11-17(21)12-14-18/h4-6,8-9,11-14,19H,3,7,10,15H2,1-2H3,(H,22,24)/t19-/m1/s1. The van der Waals surface area contributed by atoms with Crippen LogP contribution < -0.4 is 9.62 Å². The molecule has 0 saturated heterocycles. The van der Waals surface area contributed by atoms with Gasteiger partial charge < -0.3 is 5.32 Å². The minimum atomic E-state index is -3.71. The van der Waals surface area contributed by atoms with Gasteiger partial charge in [0.25, 0.3) is 0 Å². The van der Waals surface area contributed by atoms with Crippen LogP contribution in [-0.2, 0) is 21.2 Å². The Morgan fingerprint density at radius 2 is 1.74 bits per heavy atom. The third-order valence-electron chi connectivity index (χ3n) is 4.20. The van der Waals surface area contributed by atoms with E-state index in [1.807, 2.05) is 30.3 Å². The topological polar surface area (TPSA) is 66.5 Å². The van der Waals surface area contributed by atoms with Crippen molar-refractivity contribution in [1.29, 1.82) is 0 Å². The van der Waals surface area contributed by atoms with Gasteiger partial charge in [0.2, 0.25) is 15.9 Å². The van der Waals surface area contributed by atoms with E-state index in [1.165, 1.54) is 29.8 Å². The quantitative estimate of drug-likeness (QED) is 0.667. The molecule has 2 aromatic rings. The molecule has 1 N–H and O–H groups in total. The monoisotopic (exact) mass is 392 g/mol. The van der Waals surface area contributed by atoms with Crippen LogP contribution in [0.3, 0.4) is 0 Å². The molecular weight excluding hydrogens is 367 g/mol.